The van der Waals surface area contributed by atoms with Gasteiger partial charge in [-0.2, -0.15) is 0 Å². The summed E-state index contributed by atoms with van der Waals surface area (Å²) in [6.45, 7) is 2.82. The Morgan fingerprint density at radius 2 is 2.27 bits per heavy atom. The van der Waals surface area contributed by atoms with Crippen LogP contribution >= 0.6 is 0 Å². The van der Waals surface area contributed by atoms with Crippen molar-refractivity contribution in [3.05, 3.63) is 34.2 Å². The van der Waals surface area contributed by atoms with Crippen molar-refractivity contribution in [2.75, 3.05) is 0 Å². The lowest BCUT2D eigenvalue weighted by Crippen LogP contribution is -2.29. The first-order chi connectivity index (χ1) is 7.16. The van der Waals surface area contributed by atoms with Crippen LogP contribution in [0.3, 0.4) is 0 Å². The largest absolute Gasteiger partial charge is 0.384 e. The number of nitrogen functional groups attached to an aromatic ring is 1. The fourth-order valence-corrected chi connectivity index (χ4v) is 1.45. The van der Waals surface area contributed by atoms with Gasteiger partial charge in [0.1, 0.15) is 5.84 Å². The molecule has 1 aromatic heterocycles. The van der Waals surface area contributed by atoms with Crippen LogP contribution in [-0.2, 0) is 6.54 Å². The molecule has 0 aliphatic heterocycles. The maximum absolute atomic E-state index is 11.7. The zero-order valence-corrected chi connectivity index (χ0v) is 8.99. The van der Waals surface area contributed by atoms with Gasteiger partial charge in [-0.15, -0.1) is 0 Å². The van der Waals surface area contributed by atoms with Gasteiger partial charge in [-0.1, -0.05) is 19.8 Å². The van der Waals surface area contributed by atoms with Crippen LogP contribution in [0.1, 0.15) is 31.7 Å². The van der Waals surface area contributed by atoms with Gasteiger partial charge in [-0.25, -0.2) is 0 Å². The molecule has 1 heterocycles. The van der Waals surface area contributed by atoms with Crippen LogP contribution in [0.5, 0.6) is 0 Å². The molecule has 1 aromatic rings. The molecule has 0 bridgehead atoms. The molecule has 0 unspecified atom stereocenters. The molecule has 0 aromatic carbocycles. The Bertz CT molecular complexity index is 395. The van der Waals surface area contributed by atoms with E-state index in [2.05, 4.69) is 6.92 Å². The first kappa shape index (κ1) is 11.5. The second-order valence-corrected chi connectivity index (χ2v) is 3.54. The van der Waals surface area contributed by atoms with Crippen LogP contribution in [0.25, 0.3) is 0 Å². The van der Waals surface area contributed by atoms with E-state index in [0.717, 1.165) is 19.3 Å². The second-order valence-electron chi connectivity index (χ2n) is 3.54. The van der Waals surface area contributed by atoms with Crippen LogP contribution in [-0.4, -0.2) is 10.4 Å². The molecule has 1 rings (SSSR count). The molecule has 0 aliphatic carbocycles. The van der Waals surface area contributed by atoms with Crippen LogP contribution in [0.4, 0.5) is 0 Å². The second kappa shape index (κ2) is 5.34. The number of nitrogens with zero attached hydrogens (tertiary/aromatic N) is 1. The van der Waals surface area contributed by atoms with Crippen molar-refractivity contribution in [2.45, 2.75) is 32.7 Å². The molecule has 15 heavy (non-hydrogen) atoms. The molecule has 0 radical (unpaired) electrons. The summed E-state index contributed by atoms with van der Waals surface area (Å²) >= 11 is 0. The van der Waals surface area contributed by atoms with Gasteiger partial charge in [-0.3, -0.25) is 10.2 Å². The van der Waals surface area contributed by atoms with E-state index in [1.165, 1.54) is 0 Å². The highest BCUT2D eigenvalue weighted by atomic mass is 16.1. The molecule has 0 fully saturated rings. The van der Waals surface area contributed by atoms with Crippen molar-refractivity contribution in [1.82, 2.24) is 4.57 Å². The number of hydrogen-bond donors (Lipinski definition) is 2. The van der Waals surface area contributed by atoms with Gasteiger partial charge in [-0.05, 0) is 18.6 Å². The number of amidine groups is 1. The molecule has 0 atom stereocenters. The predicted octanol–water partition coefficient (Wildman–Crippen LogP) is 1.32. The Morgan fingerprint density at radius 1 is 1.53 bits per heavy atom. The average molecular weight is 207 g/mol. The van der Waals surface area contributed by atoms with E-state index in [9.17, 15) is 4.79 Å². The minimum Gasteiger partial charge on any atom is -0.384 e. The first-order valence-corrected chi connectivity index (χ1v) is 5.20. The molecule has 82 valence electrons. The van der Waals surface area contributed by atoms with E-state index in [4.69, 9.17) is 11.1 Å². The Hall–Kier alpha value is -1.58. The number of hydrogen-bond acceptors (Lipinski definition) is 2. The summed E-state index contributed by atoms with van der Waals surface area (Å²) in [5.41, 5.74) is 5.43. The summed E-state index contributed by atoms with van der Waals surface area (Å²) in [7, 11) is 0. The Labute approximate surface area is 89.2 Å². The molecular formula is C11H17N3O. The van der Waals surface area contributed by atoms with E-state index in [-0.39, 0.29) is 17.0 Å². The zero-order chi connectivity index (χ0) is 11.3. The summed E-state index contributed by atoms with van der Waals surface area (Å²) in [4.78, 5) is 11.7. The average Bonchev–Trinajstić information content (AvgIpc) is 2.20. The fraction of sp³-hybridized carbons (Fsp3) is 0.455. The topological polar surface area (TPSA) is 71.9 Å². The lowest BCUT2D eigenvalue weighted by Gasteiger charge is -2.06. The fourth-order valence-electron chi connectivity index (χ4n) is 1.45. The van der Waals surface area contributed by atoms with Gasteiger partial charge in [0.15, 0.2) is 0 Å². The van der Waals surface area contributed by atoms with Gasteiger partial charge in [0.2, 0.25) is 0 Å². The normalized spacial score (nSPS) is 10.2. The lowest BCUT2D eigenvalue weighted by molar-refractivity contribution is 0.587. The molecular weight excluding hydrogens is 190 g/mol. The number of unbranched alkanes of at least 4 members (excludes halogenated alkanes) is 2. The molecule has 4 heteroatoms. The minimum atomic E-state index is -0.166. The summed E-state index contributed by atoms with van der Waals surface area (Å²) in [6.07, 6.45) is 4.96. The summed E-state index contributed by atoms with van der Waals surface area (Å²) in [5.74, 6) is -0.162. The van der Waals surface area contributed by atoms with Gasteiger partial charge < -0.3 is 10.3 Å². The van der Waals surface area contributed by atoms with Crippen LogP contribution < -0.4 is 11.3 Å². The van der Waals surface area contributed by atoms with E-state index in [0.29, 0.717) is 6.54 Å². The maximum atomic E-state index is 11.7. The summed E-state index contributed by atoms with van der Waals surface area (Å²) in [5, 5.41) is 7.25. The minimum absolute atomic E-state index is 0.162. The third kappa shape index (κ3) is 2.94. The zero-order valence-electron chi connectivity index (χ0n) is 8.99. The van der Waals surface area contributed by atoms with Gasteiger partial charge in [0.25, 0.3) is 5.56 Å². The van der Waals surface area contributed by atoms with E-state index in [1.54, 1.807) is 22.9 Å². The predicted molar refractivity (Wildman–Crippen MR) is 61.2 cm³/mol. The van der Waals surface area contributed by atoms with Crippen LogP contribution in [0.15, 0.2) is 23.1 Å². The van der Waals surface area contributed by atoms with Gasteiger partial charge in [0.05, 0.1) is 5.56 Å². The van der Waals surface area contributed by atoms with E-state index in [1.807, 2.05) is 0 Å². The van der Waals surface area contributed by atoms with E-state index >= 15 is 0 Å². The molecule has 0 saturated heterocycles. The van der Waals surface area contributed by atoms with Gasteiger partial charge >= 0.3 is 0 Å². The number of aryl methyl sites for hydroxylation is 1. The number of rotatable bonds is 5. The molecule has 0 aliphatic rings. The Balaban J connectivity index is 2.85. The number of pyridine rings is 1. The van der Waals surface area contributed by atoms with Crippen molar-refractivity contribution < 1.29 is 0 Å². The lowest BCUT2D eigenvalue weighted by atomic mass is 10.2. The molecule has 0 saturated carbocycles. The summed E-state index contributed by atoms with van der Waals surface area (Å²) in [6, 6.07) is 3.34. The van der Waals surface area contributed by atoms with Crippen molar-refractivity contribution in [3.8, 4) is 0 Å². The highest BCUT2D eigenvalue weighted by Crippen LogP contribution is 1.97. The van der Waals surface area contributed by atoms with Crippen molar-refractivity contribution in [1.29, 1.82) is 5.41 Å². The van der Waals surface area contributed by atoms with Crippen LogP contribution in [0.2, 0.25) is 0 Å². The van der Waals surface area contributed by atoms with Gasteiger partial charge in [0, 0.05) is 12.7 Å². The third-order valence-electron chi connectivity index (χ3n) is 2.31. The number of nitrogens with one attached hydrogen (secondary N) is 1. The van der Waals surface area contributed by atoms with Crippen molar-refractivity contribution in [2.24, 2.45) is 5.73 Å². The molecule has 0 amide bonds. The first-order valence-electron chi connectivity index (χ1n) is 5.20. The number of aromatic nitrogens is 1. The summed E-state index contributed by atoms with van der Waals surface area (Å²) < 4.78 is 1.62. The van der Waals surface area contributed by atoms with Crippen molar-refractivity contribution in [3.63, 3.8) is 0 Å². The molecule has 4 nitrogen and oxygen atoms in total. The SMILES string of the molecule is CCCCCn1cccc(C(=N)N)c1=O. The monoisotopic (exact) mass is 207 g/mol. The Kier molecular flexibility index (Phi) is 4.09. The molecule has 3 N–H and O–H groups in total. The smallest absolute Gasteiger partial charge is 0.261 e. The highest BCUT2D eigenvalue weighted by molar-refractivity contribution is 5.94. The molecule has 0 spiro atoms. The van der Waals surface area contributed by atoms with Crippen molar-refractivity contribution >= 4 is 5.84 Å². The highest BCUT2D eigenvalue weighted by Gasteiger charge is 2.04. The third-order valence-corrected chi connectivity index (χ3v) is 2.31. The van der Waals surface area contributed by atoms with E-state index < -0.39 is 0 Å². The Morgan fingerprint density at radius 3 is 2.87 bits per heavy atom. The quantitative estimate of drug-likeness (QED) is 0.434. The maximum Gasteiger partial charge on any atom is 0.261 e. The van der Waals surface area contributed by atoms with Crippen LogP contribution in [0, 0.1) is 5.41 Å². The number of nitrogens with two attached hydrogens (primary N) is 1. The standard InChI is InChI=1S/C11H17N3O/c1-2-3-4-7-14-8-5-6-9(10(12)13)11(14)15/h5-6,8H,2-4,7H2,1H3,(H3,12,13).